The number of nitrogens with one attached hydrogen (secondary N) is 1. The molecule has 1 aliphatic heterocycles. The number of hydrogen-bond donors (Lipinski definition) is 2. The quantitative estimate of drug-likeness (QED) is 0.680. The monoisotopic (exact) mass is 267 g/mol. The Morgan fingerprint density at radius 2 is 1.84 bits per heavy atom. The predicted octanol–water partition coefficient (Wildman–Crippen LogP) is -0.111. The highest BCUT2D eigenvalue weighted by atomic mass is 16.2. The molecule has 1 saturated heterocycles. The maximum Gasteiger partial charge on any atom is 0.331 e. The molecule has 1 heterocycles. The fraction of sp³-hybridized carbons (Fsp3) is 0.667. The molecule has 1 saturated carbocycles. The van der Waals surface area contributed by atoms with Gasteiger partial charge < -0.3 is 5.73 Å². The van der Waals surface area contributed by atoms with Crippen molar-refractivity contribution in [2.24, 2.45) is 11.1 Å². The van der Waals surface area contributed by atoms with E-state index in [4.69, 9.17) is 5.73 Å². The Kier molecular flexibility index (Phi) is 3.30. The highest BCUT2D eigenvalue weighted by Crippen LogP contribution is 2.40. The number of carbonyl (C=O) groups is 4. The standard InChI is InChI=1S/C12H17N3O4/c1-7(8(13)16)15-10(18)12(5-3-2-4-6-12)9(17)14-11(15)19/h7H,2-6H2,1H3,(H2,13,16)(H,14,17,19). The minimum absolute atomic E-state index is 0.410. The first-order valence-corrected chi connectivity index (χ1v) is 6.38. The highest BCUT2D eigenvalue weighted by Gasteiger charge is 2.55. The third-order valence-corrected chi connectivity index (χ3v) is 4.01. The molecule has 2 aliphatic rings. The van der Waals surface area contributed by atoms with Gasteiger partial charge in [0, 0.05) is 0 Å². The summed E-state index contributed by atoms with van der Waals surface area (Å²) in [6.07, 6.45) is 3.29. The van der Waals surface area contributed by atoms with Crippen molar-refractivity contribution in [1.82, 2.24) is 10.2 Å². The van der Waals surface area contributed by atoms with Gasteiger partial charge in [0.2, 0.25) is 17.7 Å². The summed E-state index contributed by atoms with van der Waals surface area (Å²) >= 11 is 0. The zero-order valence-corrected chi connectivity index (χ0v) is 10.8. The van der Waals surface area contributed by atoms with Crippen LogP contribution in [0.3, 0.4) is 0 Å². The second-order valence-electron chi connectivity index (χ2n) is 5.16. The molecule has 0 aromatic carbocycles. The highest BCUT2D eigenvalue weighted by molar-refractivity contribution is 6.20. The zero-order valence-electron chi connectivity index (χ0n) is 10.8. The smallest absolute Gasteiger partial charge is 0.331 e. The van der Waals surface area contributed by atoms with Gasteiger partial charge in [0.15, 0.2) is 0 Å². The molecular weight excluding hydrogens is 250 g/mol. The van der Waals surface area contributed by atoms with E-state index in [2.05, 4.69) is 5.32 Å². The summed E-state index contributed by atoms with van der Waals surface area (Å²) in [5, 5.41) is 2.18. The molecule has 0 radical (unpaired) electrons. The number of hydrogen-bond acceptors (Lipinski definition) is 4. The second-order valence-corrected chi connectivity index (χ2v) is 5.16. The SMILES string of the molecule is CC(C(N)=O)N1C(=O)NC(=O)C2(CCCCC2)C1=O. The lowest BCUT2D eigenvalue weighted by Crippen LogP contribution is -2.67. The van der Waals surface area contributed by atoms with Gasteiger partial charge in [-0.05, 0) is 19.8 Å². The summed E-state index contributed by atoms with van der Waals surface area (Å²) in [6.45, 7) is 1.38. The predicted molar refractivity (Wildman–Crippen MR) is 64.6 cm³/mol. The summed E-state index contributed by atoms with van der Waals surface area (Å²) < 4.78 is 0. The molecule has 1 unspecified atom stereocenters. The first-order chi connectivity index (χ1) is 8.90. The van der Waals surface area contributed by atoms with Crippen LogP contribution in [0.25, 0.3) is 0 Å². The molecule has 7 heteroatoms. The van der Waals surface area contributed by atoms with E-state index in [0.29, 0.717) is 12.8 Å². The van der Waals surface area contributed by atoms with Crippen LogP contribution >= 0.6 is 0 Å². The normalized spacial score (nSPS) is 24.3. The van der Waals surface area contributed by atoms with Crippen molar-refractivity contribution in [2.45, 2.75) is 45.1 Å². The van der Waals surface area contributed by atoms with Gasteiger partial charge in [-0.3, -0.25) is 24.6 Å². The molecule has 5 amide bonds. The number of nitrogens with zero attached hydrogens (tertiary/aromatic N) is 1. The van der Waals surface area contributed by atoms with Gasteiger partial charge in [0.25, 0.3) is 0 Å². The summed E-state index contributed by atoms with van der Waals surface area (Å²) in [7, 11) is 0. The molecule has 1 atom stereocenters. The number of imide groups is 2. The Labute approximate surface area is 110 Å². The minimum atomic E-state index is -1.20. The minimum Gasteiger partial charge on any atom is -0.368 e. The first-order valence-electron chi connectivity index (χ1n) is 6.38. The second kappa shape index (κ2) is 4.64. The van der Waals surface area contributed by atoms with Crippen molar-refractivity contribution in [3.8, 4) is 0 Å². The lowest BCUT2D eigenvalue weighted by molar-refractivity contribution is -0.156. The van der Waals surface area contributed by atoms with E-state index < -0.39 is 35.2 Å². The van der Waals surface area contributed by atoms with E-state index in [-0.39, 0.29) is 0 Å². The molecule has 2 fully saturated rings. The average Bonchev–Trinajstić information content (AvgIpc) is 2.37. The first kappa shape index (κ1) is 13.5. The van der Waals surface area contributed by atoms with Crippen molar-refractivity contribution in [2.75, 3.05) is 0 Å². The van der Waals surface area contributed by atoms with E-state index in [1.807, 2.05) is 0 Å². The van der Waals surface area contributed by atoms with E-state index in [9.17, 15) is 19.2 Å². The van der Waals surface area contributed by atoms with Crippen LogP contribution in [0.15, 0.2) is 0 Å². The van der Waals surface area contributed by atoms with Crippen LogP contribution in [0, 0.1) is 5.41 Å². The summed E-state index contributed by atoms with van der Waals surface area (Å²) in [4.78, 5) is 48.3. The largest absolute Gasteiger partial charge is 0.368 e. The lowest BCUT2D eigenvalue weighted by atomic mass is 9.71. The Morgan fingerprint density at radius 1 is 1.26 bits per heavy atom. The molecule has 2 rings (SSSR count). The summed E-state index contributed by atoms with van der Waals surface area (Å²) in [5.41, 5.74) is 3.95. The fourth-order valence-electron chi connectivity index (χ4n) is 2.77. The van der Waals surface area contributed by atoms with E-state index in [1.165, 1.54) is 6.92 Å². The topological polar surface area (TPSA) is 110 Å². The molecule has 1 spiro atoms. The van der Waals surface area contributed by atoms with Crippen molar-refractivity contribution in [3.63, 3.8) is 0 Å². The molecule has 19 heavy (non-hydrogen) atoms. The van der Waals surface area contributed by atoms with Crippen molar-refractivity contribution >= 4 is 23.8 Å². The van der Waals surface area contributed by atoms with Crippen LogP contribution in [0.1, 0.15) is 39.0 Å². The van der Waals surface area contributed by atoms with Crippen LogP contribution in [0.4, 0.5) is 4.79 Å². The van der Waals surface area contributed by atoms with E-state index in [0.717, 1.165) is 24.2 Å². The Hall–Kier alpha value is -1.92. The number of carbonyl (C=O) groups excluding carboxylic acids is 4. The molecule has 104 valence electrons. The van der Waals surface area contributed by atoms with Gasteiger partial charge in [-0.2, -0.15) is 0 Å². The maximum absolute atomic E-state index is 12.5. The van der Waals surface area contributed by atoms with Crippen LogP contribution in [0.5, 0.6) is 0 Å². The number of barbiturate groups is 1. The molecule has 3 N–H and O–H groups in total. The fourth-order valence-corrected chi connectivity index (χ4v) is 2.77. The number of urea groups is 1. The number of amides is 5. The lowest BCUT2D eigenvalue weighted by Gasteiger charge is -2.42. The number of nitrogens with two attached hydrogens (primary N) is 1. The van der Waals surface area contributed by atoms with Gasteiger partial charge >= 0.3 is 6.03 Å². The van der Waals surface area contributed by atoms with E-state index in [1.54, 1.807) is 0 Å². The molecule has 0 aromatic rings. The molecule has 0 aromatic heterocycles. The molecule has 0 bridgehead atoms. The van der Waals surface area contributed by atoms with Gasteiger partial charge in [-0.15, -0.1) is 0 Å². The van der Waals surface area contributed by atoms with Gasteiger partial charge in [0.05, 0.1) is 0 Å². The average molecular weight is 267 g/mol. The van der Waals surface area contributed by atoms with Gasteiger partial charge in [0.1, 0.15) is 11.5 Å². The van der Waals surface area contributed by atoms with Gasteiger partial charge in [-0.25, -0.2) is 4.79 Å². The van der Waals surface area contributed by atoms with Crippen LogP contribution in [0.2, 0.25) is 0 Å². The van der Waals surface area contributed by atoms with Crippen molar-refractivity contribution in [3.05, 3.63) is 0 Å². The molecular formula is C12H17N3O4. The number of rotatable bonds is 2. The van der Waals surface area contributed by atoms with Crippen LogP contribution in [-0.4, -0.2) is 34.7 Å². The van der Waals surface area contributed by atoms with Crippen molar-refractivity contribution < 1.29 is 19.2 Å². The third-order valence-electron chi connectivity index (χ3n) is 4.01. The maximum atomic E-state index is 12.5. The molecule has 7 nitrogen and oxygen atoms in total. The number of primary amides is 1. The third kappa shape index (κ3) is 1.98. The van der Waals surface area contributed by atoms with Crippen molar-refractivity contribution in [1.29, 1.82) is 0 Å². The Bertz CT molecular complexity index is 454. The van der Waals surface area contributed by atoms with Gasteiger partial charge in [-0.1, -0.05) is 19.3 Å². The summed E-state index contributed by atoms with van der Waals surface area (Å²) in [5.74, 6) is -1.91. The van der Waals surface area contributed by atoms with E-state index >= 15 is 0 Å². The Balaban J connectivity index is 2.36. The van der Waals surface area contributed by atoms with Crippen LogP contribution < -0.4 is 11.1 Å². The summed E-state index contributed by atoms with van der Waals surface area (Å²) in [6, 6.07) is -1.92. The van der Waals surface area contributed by atoms with Crippen LogP contribution in [-0.2, 0) is 14.4 Å². The molecule has 1 aliphatic carbocycles. The Morgan fingerprint density at radius 3 is 2.37 bits per heavy atom. The zero-order chi connectivity index (χ0) is 14.2.